The van der Waals surface area contributed by atoms with Gasteiger partial charge in [0.2, 0.25) is 0 Å². The number of carbonyl (C=O) groups is 2. The Hall–Kier alpha value is -1.86. The summed E-state index contributed by atoms with van der Waals surface area (Å²) in [4.78, 5) is 24.5. The maximum Gasteiger partial charge on any atom is 0.320 e. The SMILES string of the molecule is CN1C[C@@H](NC(=O)COc2ccc(F)c(Cl)c2)C[C@H]1C(=O)O. The molecule has 1 aliphatic rings. The molecule has 0 aliphatic carbocycles. The Bertz CT molecular complexity index is 584. The highest BCUT2D eigenvalue weighted by Gasteiger charge is 2.34. The summed E-state index contributed by atoms with van der Waals surface area (Å²) in [6.45, 7) is 0.213. The first-order valence-electron chi connectivity index (χ1n) is 6.67. The molecule has 1 aromatic carbocycles. The first-order chi connectivity index (χ1) is 10.4. The molecule has 1 fully saturated rings. The Labute approximate surface area is 131 Å². The number of carbonyl (C=O) groups excluding carboxylic acids is 1. The molecule has 2 atom stereocenters. The number of benzene rings is 1. The van der Waals surface area contributed by atoms with Crippen molar-refractivity contribution in [1.29, 1.82) is 0 Å². The molecule has 8 heteroatoms. The third kappa shape index (κ3) is 4.08. The summed E-state index contributed by atoms with van der Waals surface area (Å²) >= 11 is 5.61. The quantitative estimate of drug-likeness (QED) is 0.846. The highest BCUT2D eigenvalue weighted by atomic mass is 35.5. The van der Waals surface area contributed by atoms with Crippen molar-refractivity contribution in [1.82, 2.24) is 10.2 Å². The number of aliphatic carboxylic acids is 1. The van der Waals surface area contributed by atoms with Crippen LogP contribution >= 0.6 is 11.6 Å². The van der Waals surface area contributed by atoms with Gasteiger partial charge in [-0.2, -0.15) is 0 Å². The van der Waals surface area contributed by atoms with Crippen molar-refractivity contribution in [3.8, 4) is 5.75 Å². The number of likely N-dealkylation sites (N-methyl/N-ethyl adjacent to an activating group) is 1. The number of nitrogens with zero attached hydrogens (tertiary/aromatic N) is 1. The molecular weight excluding hydrogens is 315 g/mol. The molecule has 1 aliphatic heterocycles. The molecule has 0 unspecified atom stereocenters. The topological polar surface area (TPSA) is 78.9 Å². The average Bonchev–Trinajstić information content (AvgIpc) is 2.81. The van der Waals surface area contributed by atoms with Gasteiger partial charge < -0.3 is 15.2 Å². The van der Waals surface area contributed by atoms with Crippen LogP contribution in [0.5, 0.6) is 5.75 Å². The van der Waals surface area contributed by atoms with E-state index < -0.39 is 17.8 Å². The van der Waals surface area contributed by atoms with E-state index in [1.54, 1.807) is 11.9 Å². The van der Waals surface area contributed by atoms with Crippen molar-refractivity contribution >= 4 is 23.5 Å². The largest absolute Gasteiger partial charge is 0.484 e. The second-order valence-electron chi connectivity index (χ2n) is 5.16. The number of carboxylic acids is 1. The summed E-state index contributed by atoms with van der Waals surface area (Å²) in [6.07, 6.45) is 0.347. The number of amides is 1. The van der Waals surface area contributed by atoms with Gasteiger partial charge in [0.1, 0.15) is 17.6 Å². The molecule has 0 spiro atoms. The van der Waals surface area contributed by atoms with E-state index in [2.05, 4.69) is 5.32 Å². The second kappa shape index (κ2) is 6.93. The maximum absolute atomic E-state index is 13.0. The molecule has 1 aromatic rings. The zero-order valence-corrected chi connectivity index (χ0v) is 12.6. The van der Waals surface area contributed by atoms with Gasteiger partial charge in [-0.05, 0) is 25.6 Å². The van der Waals surface area contributed by atoms with Crippen LogP contribution in [-0.2, 0) is 9.59 Å². The van der Waals surface area contributed by atoms with E-state index in [0.717, 1.165) is 6.07 Å². The Kier molecular flexibility index (Phi) is 5.20. The van der Waals surface area contributed by atoms with Crippen molar-refractivity contribution in [2.45, 2.75) is 18.5 Å². The molecule has 0 aromatic heterocycles. The lowest BCUT2D eigenvalue weighted by Gasteiger charge is -2.13. The van der Waals surface area contributed by atoms with Gasteiger partial charge in [-0.15, -0.1) is 0 Å². The minimum absolute atomic E-state index is 0.0837. The number of rotatable bonds is 5. The molecule has 0 radical (unpaired) electrons. The number of hydrogen-bond donors (Lipinski definition) is 2. The van der Waals surface area contributed by atoms with Gasteiger partial charge in [-0.25, -0.2) is 4.39 Å². The lowest BCUT2D eigenvalue weighted by atomic mass is 10.2. The number of likely N-dealkylation sites (tertiary alicyclic amines) is 1. The molecule has 1 saturated heterocycles. The third-order valence-corrected chi connectivity index (χ3v) is 3.75. The van der Waals surface area contributed by atoms with Gasteiger partial charge >= 0.3 is 5.97 Å². The first kappa shape index (κ1) is 16.5. The molecule has 0 bridgehead atoms. The predicted molar refractivity (Wildman–Crippen MR) is 77.5 cm³/mol. The molecule has 1 amide bonds. The molecule has 2 N–H and O–H groups in total. The third-order valence-electron chi connectivity index (χ3n) is 3.46. The number of halogens is 2. The summed E-state index contributed by atoms with van der Waals surface area (Å²) in [5.41, 5.74) is 0. The lowest BCUT2D eigenvalue weighted by Crippen LogP contribution is -2.39. The van der Waals surface area contributed by atoms with Crippen molar-refractivity contribution < 1.29 is 23.8 Å². The molecule has 2 rings (SSSR count). The van der Waals surface area contributed by atoms with Crippen LogP contribution < -0.4 is 10.1 Å². The van der Waals surface area contributed by atoms with Crippen molar-refractivity contribution in [3.05, 3.63) is 29.0 Å². The van der Waals surface area contributed by atoms with Crippen LogP contribution in [0.4, 0.5) is 4.39 Å². The molecule has 0 saturated carbocycles. The fraction of sp³-hybridized carbons (Fsp3) is 0.429. The fourth-order valence-electron chi connectivity index (χ4n) is 2.38. The first-order valence-corrected chi connectivity index (χ1v) is 7.05. The fourth-order valence-corrected chi connectivity index (χ4v) is 2.55. The number of nitrogens with one attached hydrogen (secondary N) is 1. The van der Waals surface area contributed by atoms with Crippen LogP contribution in [0.2, 0.25) is 5.02 Å². The van der Waals surface area contributed by atoms with E-state index in [-0.39, 0.29) is 29.3 Å². The summed E-state index contributed by atoms with van der Waals surface area (Å²) in [6, 6.07) is 2.98. The highest BCUT2D eigenvalue weighted by molar-refractivity contribution is 6.30. The zero-order chi connectivity index (χ0) is 16.3. The summed E-state index contributed by atoms with van der Waals surface area (Å²) in [7, 11) is 1.70. The van der Waals surface area contributed by atoms with Gasteiger partial charge in [-0.3, -0.25) is 14.5 Å². The van der Waals surface area contributed by atoms with E-state index in [1.807, 2.05) is 0 Å². The summed E-state index contributed by atoms with van der Waals surface area (Å²) < 4.78 is 18.2. The molecule has 1 heterocycles. The van der Waals surface area contributed by atoms with Crippen LogP contribution in [0.15, 0.2) is 18.2 Å². The van der Waals surface area contributed by atoms with Crippen molar-refractivity contribution in [3.63, 3.8) is 0 Å². The van der Waals surface area contributed by atoms with E-state index in [4.69, 9.17) is 21.4 Å². The smallest absolute Gasteiger partial charge is 0.320 e. The van der Waals surface area contributed by atoms with Crippen molar-refractivity contribution in [2.75, 3.05) is 20.2 Å². The number of hydrogen-bond acceptors (Lipinski definition) is 4. The number of carboxylic acid groups (broad SMARTS) is 1. The maximum atomic E-state index is 13.0. The normalized spacial score (nSPS) is 21.6. The molecular formula is C14H16ClFN2O4. The van der Waals surface area contributed by atoms with Crippen molar-refractivity contribution in [2.24, 2.45) is 0 Å². The Morgan fingerprint density at radius 3 is 2.86 bits per heavy atom. The Morgan fingerprint density at radius 1 is 1.55 bits per heavy atom. The molecule has 120 valence electrons. The van der Waals surface area contributed by atoms with Gasteiger partial charge in [0.25, 0.3) is 5.91 Å². The minimum Gasteiger partial charge on any atom is -0.484 e. The van der Waals surface area contributed by atoms with Crippen LogP contribution in [-0.4, -0.2) is 54.2 Å². The van der Waals surface area contributed by atoms with E-state index in [0.29, 0.717) is 13.0 Å². The van der Waals surface area contributed by atoms with Crippen LogP contribution in [0.1, 0.15) is 6.42 Å². The summed E-state index contributed by atoms with van der Waals surface area (Å²) in [5.74, 6) is -1.55. The van der Waals surface area contributed by atoms with E-state index >= 15 is 0 Å². The Balaban J connectivity index is 1.81. The summed E-state index contributed by atoms with van der Waals surface area (Å²) in [5, 5.41) is 11.6. The zero-order valence-electron chi connectivity index (χ0n) is 11.9. The van der Waals surface area contributed by atoms with Gasteiger partial charge in [0, 0.05) is 18.7 Å². The van der Waals surface area contributed by atoms with Crippen LogP contribution in [0.3, 0.4) is 0 Å². The Morgan fingerprint density at radius 2 is 2.27 bits per heavy atom. The molecule has 22 heavy (non-hydrogen) atoms. The standard InChI is InChI=1S/C14H16ClFN2O4/c1-18-6-8(4-12(18)14(20)21)17-13(19)7-22-9-2-3-11(16)10(15)5-9/h2-3,5,8,12H,4,6-7H2,1H3,(H,17,19)(H,20,21)/t8-,12-/m0/s1. The molecule has 6 nitrogen and oxygen atoms in total. The highest BCUT2D eigenvalue weighted by Crippen LogP contribution is 2.21. The van der Waals surface area contributed by atoms with Crippen LogP contribution in [0.25, 0.3) is 0 Å². The number of ether oxygens (including phenoxy) is 1. The van der Waals surface area contributed by atoms with Gasteiger partial charge in [0.15, 0.2) is 6.61 Å². The van der Waals surface area contributed by atoms with Gasteiger partial charge in [-0.1, -0.05) is 11.6 Å². The predicted octanol–water partition coefficient (Wildman–Crippen LogP) is 1.13. The van der Waals surface area contributed by atoms with E-state index in [9.17, 15) is 14.0 Å². The minimum atomic E-state index is -0.906. The second-order valence-corrected chi connectivity index (χ2v) is 5.57. The average molecular weight is 331 g/mol. The van der Waals surface area contributed by atoms with Gasteiger partial charge in [0.05, 0.1) is 5.02 Å². The van der Waals surface area contributed by atoms with Crippen LogP contribution in [0, 0.1) is 5.82 Å². The monoisotopic (exact) mass is 330 g/mol. The lowest BCUT2D eigenvalue weighted by molar-refractivity contribution is -0.141. The van der Waals surface area contributed by atoms with E-state index in [1.165, 1.54) is 12.1 Å².